The van der Waals surface area contributed by atoms with Crippen molar-refractivity contribution in [1.82, 2.24) is 34.9 Å². The summed E-state index contributed by atoms with van der Waals surface area (Å²) in [7, 11) is 0. The zero-order chi connectivity index (χ0) is 16.8. The van der Waals surface area contributed by atoms with Crippen LogP contribution in [-0.4, -0.2) is 47.9 Å². The van der Waals surface area contributed by atoms with E-state index >= 15 is 0 Å². The topological polar surface area (TPSA) is 85.2 Å². The molecule has 1 saturated heterocycles. The van der Waals surface area contributed by atoms with Crippen molar-refractivity contribution in [2.45, 2.75) is 51.0 Å². The van der Waals surface area contributed by atoms with Crippen LogP contribution >= 0.6 is 0 Å². The Balaban J connectivity index is 1.25. The lowest BCUT2D eigenvalue weighted by Crippen LogP contribution is -2.33. The van der Waals surface area contributed by atoms with Crippen molar-refractivity contribution in [2.24, 2.45) is 0 Å². The Morgan fingerprint density at radius 2 is 1.92 bits per heavy atom. The maximum atomic E-state index is 5.35. The van der Waals surface area contributed by atoms with Gasteiger partial charge in [0.1, 0.15) is 0 Å². The first-order valence-electron chi connectivity index (χ1n) is 9.00. The van der Waals surface area contributed by atoms with Crippen LogP contribution in [0.2, 0.25) is 0 Å². The maximum absolute atomic E-state index is 5.35. The van der Waals surface area contributed by atoms with Crippen LogP contribution in [0.3, 0.4) is 0 Å². The third kappa shape index (κ3) is 2.90. The van der Waals surface area contributed by atoms with Crippen molar-refractivity contribution in [3.8, 4) is 0 Å². The van der Waals surface area contributed by atoms with Gasteiger partial charge >= 0.3 is 0 Å². The predicted molar refractivity (Wildman–Crippen MR) is 89.0 cm³/mol. The van der Waals surface area contributed by atoms with E-state index in [4.69, 9.17) is 4.52 Å². The van der Waals surface area contributed by atoms with Crippen LogP contribution in [0, 0.1) is 6.92 Å². The third-order valence-corrected chi connectivity index (χ3v) is 5.15. The summed E-state index contributed by atoms with van der Waals surface area (Å²) in [6.07, 6.45) is 4.47. The summed E-state index contributed by atoms with van der Waals surface area (Å²) in [6, 6.07) is 3.94. The SMILES string of the molecule is Cc1ccc2nnc(C3CCN(Cc4noc(C5CC5)n4)CC3)n2n1. The number of hydrogen-bond donors (Lipinski definition) is 0. The smallest absolute Gasteiger partial charge is 0.229 e. The number of fused-ring (bicyclic) bond motifs is 1. The van der Waals surface area contributed by atoms with Crippen molar-refractivity contribution < 1.29 is 4.52 Å². The minimum atomic E-state index is 0.396. The molecule has 0 atom stereocenters. The van der Waals surface area contributed by atoms with E-state index < -0.39 is 0 Å². The lowest BCUT2D eigenvalue weighted by Gasteiger charge is -2.29. The highest BCUT2D eigenvalue weighted by molar-refractivity contribution is 5.36. The molecule has 0 bridgehead atoms. The van der Waals surface area contributed by atoms with Crippen LogP contribution in [-0.2, 0) is 6.54 Å². The van der Waals surface area contributed by atoms with Crippen LogP contribution in [0.15, 0.2) is 16.7 Å². The summed E-state index contributed by atoms with van der Waals surface area (Å²) in [5, 5.41) is 17.3. The summed E-state index contributed by atoms with van der Waals surface area (Å²) in [5.41, 5.74) is 1.80. The molecule has 5 rings (SSSR count). The molecule has 0 spiro atoms. The van der Waals surface area contributed by atoms with Crippen LogP contribution in [0.5, 0.6) is 0 Å². The van der Waals surface area contributed by atoms with Crippen molar-refractivity contribution in [1.29, 1.82) is 0 Å². The van der Waals surface area contributed by atoms with Crippen molar-refractivity contribution >= 4 is 5.65 Å². The average Bonchev–Trinajstić information content (AvgIpc) is 3.23. The first-order valence-corrected chi connectivity index (χ1v) is 9.00. The van der Waals surface area contributed by atoms with Crippen LogP contribution in [0.25, 0.3) is 5.65 Å². The molecule has 3 aromatic rings. The fraction of sp³-hybridized carbons (Fsp3) is 0.588. The molecule has 1 aliphatic carbocycles. The normalized spacial score (nSPS) is 19.7. The first-order chi connectivity index (χ1) is 12.3. The minimum Gasteiger partial charge on any atom is -0.339 e. The van der Waals surface area contributed by atoms with Gasteiger partial charge in [0.2, 0.25) is 5.89 Å². The number of likely N-dealkylation sites (tertiary alicyclic amines) is 1. The Morgan fingerprint density at radius 1 is 1.08 bits per heavy atom. The van der Waals surface area contributed by atoms with Gasteiger partial charge in [0, 0.05) is 11.8 Å². The van der Waals surface area contributed by atoms with E-state index in [2.05, 4.69) is 30.3 Å². The van der Waals surface area contributed by atoms with E-state index in [0.29, 0.717) is 11.8 Å². The molecule has 2 fully saturated rings. The summed E-state index contributed by atoms with van der Waals surface area (Å²) in [5.74, 6) is 3.53. The first kappa shape index (κ1) is 14.9. The summed E-state index contributed by atoms with van der Waals surface area (Å²) < 4.78 is 7.25. The molecule has 130 valence electrons. The van der Waals surface area contributed by atoms with Gasteiger partial charge in [-0.3, -0.25) is 4.90 Å². The Hall–Kier alpha value is -2.35. The van der Waals surface area contributed by atoms with Crippen LogP contribution in [0.4, 0.5) is 0 Å². The molecule has 8 heteroatoms. The van der Waals surface area contributed by atoms with Gasteiger partial charge in [-0.1, -0.05) is 5.16 Å². The molecule has 3 aromatic heterocycles. The molecular weight excluding hydrogens is 318 g/mol. The van der Waals surface area contributed by atoms with E-state index in [1.165, 1.54) is 12.8 Å². The van der Waals surface area contributed by atoms with Gasteiger partial charge in [-0.2, -0.15) is 14.6 Å². The summed E-state index contributed by atoms with van der Waals surface area (Å²) in [4.78, 5) is 6.92. The molecule has 0 aromatic carbocycles. The molecule has 1 saturated carbocycles. The molecule has 0 radical (unpaired) electrons. The van der Waals surface area contributed by atoms with Gasteiger partial charge in [-0.05, 0) is 57.8 Å². The van der Waals surface area contributed by atoms with E-state index in [1.54, 1.807) is 0 Å². The Labute approximate surface area is 145 Å². The largest absolute Gasteiger partial charge is 0.339 e. The zero-order valence-electron chi connectivity index (χ0n) is 14.3. The number of rotatable bonds is 4. The lowest BCUT2D eigenvalue weighted by atomic mass is 9.96. The molecule has 0 unspecified atom stereocenters. The van der Waals surface area contributed by atoms with E-state index in [0.717, 1.165) is 61.4 Å². The van der Waals surface area contributed by atoms with E-state index in [-0.39, 0.29) is 0 Å². The Bertz CT molecular complexity index is 889. The lowest BCUT2D eigenvalue weighted by molar-refractivity contribution is 0.194. The fourth-order valence-electron chi connectivity index (χ4n) is 3.53. The second-order valence-corrected chi connectivity index (χ2v) is 7.18. The number of nitrogens with zero attached hydrogens (tertiary/aromatic N) is 7. The molecule has 1 aliphatic heterocycles. The quantitative estimate of drug-likeness (QED) is 0.719. The third-order valence-electron chi connectivity index (χ3n) is 5.15. The molecule has 4 heterocycles. The van der Waals surface area contributed by atoms with Crippen molar-refractivity contribution in [3.05, 3.63) is 35.4 Å². The molecule has 8 nitrogen and oxygen atoms in total. The van der Waals surface area contributed by atoms with Gasteiger partial charge in [0.25, 0.3) is 0 Å². The second kappa shape index (κ2) is 5.87. The second-order valence-electron chi connectivity index (χ2n) is 7.18. The molecule has 0 amide bonds. The molecular formula is C17H21N7O. The highest BCUT2D eigenvalue weighted by atomic mass is 16.5. The highest BCUT2D eigenvalue weighted by Gasteiger charge is 2.30. The highest BCUT2D eigenvalue weighted by Crippen LogP contribution is 2.39. The zero-order valence-corrected chi connectivity index (χ0v) is 14.3. The Kier molecular flexibility index (Phi) is 3.51. The van der Waals surface area contributed by atoms with Crippen LogP contribution < -0.4 is 0 Å². The number of hydrogen-bond acceptors (Lipinski definition) is 7. The van der Waals surface area contributed by atoms with Gasteiger partial charge in [0.15, 0.2) is 17.3 Å². The van der Waals surface area contributed by atoms with E-state index in [1.807, 2.05) is 23.6 Å². The maximum Gasteiger partial charge on any atom is 0.229 e. The standard InChI is InChI=1S/C17H21N7O/c1-11-2-5-15-19-20-16(24(15)21-11)12-6-8-23(9-7-12)10-14-18-17(25-22-14)13-3-4-13/h2,5,12-13H,3-4,6-10H2,1H3. The van der Waals surface area contributed by atoms with Gasteiger partial charge in [-0.15, -0.1) is 10.2 Å². The summed E-state index contributed by atoms with van der Waals surface area (Å²) >= 11 is 0. The Morgan fingerprint density at radius 3 is 2.72 bits per heavy atom. The number of aromatic nitrogens is 6. The van der Waals surface area contributed by atoms with E-state index in [9.17, 15) is 0 Å². The minimum absolute atomic E-state index is 0.396. The summed E-state index contributed by atoms with van der Waals surface area (Å²) in [6.45, 7) is 4.75. The number of piperidine rings is 1. The molecule has 2 aliphatic rings. The predicted octanol–water partition coefficient (Wildman–Crippen LogP) is 2.07. The van der Waals surface area contributed by atoms with Crippen molar-refractivity contribution in [2.75, 3.05) is 13.1 Å². The van der Waals surface area contributed by atoms with Gasteiger partial charge < -0.3 is 4.52 Å². The van der Waals surface area contributed by atoms with Crippen molar-refractivity contribution in [3.63, 3.8) is 0 Å². The fourth-order valence-corrected chi connectivity index (χ4v) is 3.53. The van der Waals surface area contributed by atoms with Gasteiger partial charge in [-0.25, -0.2) is 0 Å². The number of aryl methyl sites for hydroxylation is 1. The van der Waals surface area contributed by atoms with Crippen LogP contribution in [0.1, 0.15) is 60.8 Å². The molecule has 25 heavy (non-hydrogen) atoms. The average molecular weight is 339 g/mol. The molecule has 0 N–H and O–H groups in total. The monoisotopic (exact) mass is 339 g/mol. The van der Waals surface area contributed by atoms with Gasteiger partial charge in [0.05, 0.1) is 12.2 Å².